The van der Waals surface area contributed by atoms with Crippen LogP contribution in [0.3, 0.4) is 0 Å². The van der Waals surface area contributed by atoms with Crippen molar-refractivity contribution >= 4 is 5.69 Å². The molecule has 3 aromatic rings. The summed E-state index contributed by atoms with van der Waals surface area (Å²) in [6.45, 7) is 2.19. The molecule has 3 nitrogen and oxygen atoms in total. The van der Waals surface area contributed by atoms with Crippen LogP contribution in [0.1, 0.15) is 31.4 Å². The zero-order chi connectivity index (χ0) is 16.1. The minimum Gasteiger partial charge on any atom is -0.378 e. The fraction of sp³-hybridized carbons (Fsp3) is 0.211. The Morgan fingerprint density at radius 3 is 2.43 bits per heavy atom. The van der Waals surface area contributed by atoms with E-state index >= 15 is 0 Å². The SMILES string of the molecule is CCCC(Nc1ccc(-n2cc(F)cn2)cc1)c1ccccc1. The van der Waals surface area contributed by atoms with E-state index in [1.165, 1.54) is 22.6 Å². The number of nitrogens with zero attached hydrogens (tertiary/aromatic N) is 2. The summed E-state index contributed by atoms with van der Waals surface area (Å²) < 4.78 is 14.6. The van der Waals surface area contributed by atoms with Crippen molar-refractivity contribution in [2.75, 3.05) is 5.32 Å². The molecule has 0 aliphatic carbocycles. The largest absolute Gasteiger partial charge is 0.378 e. The van der Waals surface area contributed by atoms with E-state index in [1.54, 1.807) is 0 Å². The number of aromatic nitrogens is 2. The molecule has 1 atom stereocenters. The molecule has 1 aromatic heterocycles. The van der Waals surface area contributed by atoms with Crippen LogP contribution in [0, 0.1) is 5.82 Å². The van der Waals surface area contributed by atoms with E-state index in [4.69, 9.17) is 0 Å². The lowest BCUT2D eigenvalue weighted by atomic mass is 10.0. The molecule has 3 rings (SSSR count). The van der Waals surface area contributed by atoms with Crippen molar-refractivity contribution in [2.45, 2.75) is 25.8 Å². The summed E-state index contributed by atoms with van der Waals surface area (Å²) in [5.74, 6) is -0.334. The Balaban J connectivity index is 1.76. The zero-order valence-corrected chi connectivity index (χ0v) is 13.1. The quantitative estimate of drug-likeness (QED) is 0.697. The minimum atomic E-state index is -0.334. The highest BCUT2D eigenvalue weighted by Crippen LogP contribution is 2.24. The molecular weight excluding hydrogens is 289 g/mol. The molecule has 1 heterocycles. The molecular formula is C19H20FN3. The third-order valence-corrected chi connectivity index (χ3v) is 3.80. The molecule has 0 radical (unpaired) electrons. The third kappa shape index (κ3) is 3.77. The maximum atomic E-state index is 13.0. The highest BCUT2D eigenvalue weighted by Gasteiger charge is 2.10. The lowest BCUT2D eigenvalue weighted by molar-refractivity contribution is 0.627. The summed E-state index contributed by atoms with van der Waals surface area (Å²) in [4.78, 5) is 0. The summed E-state index contributed by atoms with van der Waals surface area (Å²) >= 11 is 0. The predicted molar refractivity (Wildman–Crippen MR) is 91.2 cm³/mol. The van der Waals surface area contributed by atoms with Crippen molar-refractivity contribution in [1.29, 1.82) is 0 Å². The predicted octanol–water partition coefficient (Wildman–Crippen LogP) is 4.96. The van der Waals surface area contributed by atoms with Crippen molar-refractivity contribution in [3.8, 4) is 5.69 Å². The third-order valence-electron chi connectivity index (χ3n) is 3.80. The Labute approximate surface area is 135 Å². The van der Waals surface area contributed by atoms with Crippen LogP contribution in [-0.4, -0.2) is 9.78 Å². The van der Waals surface area contributed by atoms with Crippen LogP contribution in [-0.2, 0) is 0 Å². The van der Waals surface area contributed by atoms with Crippen LogP contribution in [0.5, 0.6) is 0 Å². The van der Waals surface area contributed by atoms with E-state index in [0.717, 1.165) is 24.2 Å². The average Bonchev–Trinajstić information content (AvgIpc) is 3.02. The first-order valence-corrected chi connectivity index (χ1v) is 7.88. The first kappa shape index (κ1) is 15.3. The van der Waals surface area contributed by atoms with Crippen molar-refractivity contribution in [2.24, 2.45) is 0 Å². The molecule has 0 saturated carbocycles. The van der Waals surface area contributed by atoms with Crippen LogP contribution in [0.15, 0.2) is 67.0 Å². The van der Waals surface area contributed by atoms with Gasteiger partial charge >= 0.3 is 0 Å². The summed E-state index contributed by atoms with van der Waals surface area (Å²) in [6.07, 6.45) is 4.75. The molecule has 1 unspecified atom stereocenters. The summed E-state index contributed by atoms with van der Waals surface area (Å²) in [5.41, 5.74) is 3.17. The number of rotatable bonds is 6. The van der Waals surface area contributed by atoms with Gasteiger partial charge in [-0.3, -0.25) is 0 Å². The number of hydrogen-bond acceptors (Lipinski definition) is 2. The normalized spacial score (nSPS) is 12.1. The molecule has 1 N–H and O–H groups in total. The number of benzene rings is 2. The second kappa shape index (κ2) is 7.09. The fourth-order valence-electron chi connectivity index (χ4n) is 2.65. The number of halogens is 1. The van der Waals surface area contributed by atoms with Crippen molar-refractivity contribution in [3.05, 3.63) is 78.4 Å². The number of anilines is 1. The van der Waals surface area contributed by atoms with Gasteiger partial charge in [-0.05, 0) is 36.2 Å². The van der Waals surface area contributed by atoms with Gasteiger partial charge in [-0.1, -0.05) is 43.7 Å². The van der Waals surface area contributed by atoms with Crippen LogP contribution >= 0.6 is 0 Å². The molecule has 0 fully saturated rings. The maximum Gasteiger partial charge on any atom is 0.161 e. The Morgan fingerprint density at radius 1 is 1.09 bits per heavy atom. The van der Waals surface area contributed by atoms with E-state index in [2.05, 4.69) is 41.6 Å². The molecule has 0 saturated heterocycles. The highest BCUT2D eigenvalue weighted by atomic mass is 19.1. The second-order valence-corrected chi connectivity index (χ2v) is 5.55. The van der Waals surface area contributed by atoms with Crippen molar-refractivity contribution in [1.82, 2.24) is 9.78 Å². The minimum absolute atomic E-state index is 0.286. The van der Waals surface area contributed by atoms with Crippen LogP contribution in [0.4, 0.5) is 10.1 Å². The van der Waals surface area contributed by atoms with Gasteiger partial charge in [0.15, 0.2) is 5.82 Å². The monoisotopic (exact) mass is 309 g/mol. The van der Waals surface area contributed by atoms with Gasteiger partial charge in [-0.2, -0.15) is 5.10 Å². The van der Waals surface area contributed by atoms with Gasteiger partial charge in [0.1, 0.15) is 0 Å². The molecule has 0 aliphatic rings. The molecule has 4 heteroatoms. The fourth-order valence-corrected chi connectivity index (χ4v) is 2.65. The number of nitrogens with one attached hydrogen (secondary N) is 1. The molecule has 2 aromatic carbocycles. The topological polar surface area (TPSA) is 29.9 Å². The van der Waals surface area contributed by atoms with E-state index in [1.807, 2.05) is 30.3 Å². The second-order valence-electron chi connectivity index (χ2n) is 5.55. The smallest absolute Gasteiger partial charge is 0.161 e. The molecule has 0 aliphatic heterocycles. The molecule has 0 bridgehead atoms. The van der Waals surface area contributed by atoms with Gasteiger partial charge in [0.2, 0.25) is 0 Å². The Bertz CT molecular complexity index is 735. The lowest BCUT2D eigenvalue weighted by Crippen LogP contribution is -2.10. The van der Waals surface area contributed by atoms with Gasteiger partial charge in [0.05, 0.1) is 24.1 Å². The zero-order valence-electron chi connectivity index (χ0n) is 13.1. The summed E-state index contributed by atoms with van der Waals surface area (Å²) in [5, 5.41) is 7.55. The summed E-state index contributed by atoms with van der Waals surface area (Å²) in [7, 11) is 0. The van der Waals surface area contributed by atoms with E-state index in [0.29, 0.717) is 0 Å². The lowest BCUT2D eigenvalue weighted by Gasteiger charge is -2.20. The van der Waals surface area contributed by atoms with Crippen LogP contribution < -0.4 is 5.32 Å². The Kier molecular flexibility index (Phi) is 4.71. The Morgan fingerprint density at radius 2 is 1.83 bits per heavy atom. The van der Waals surface area contributed by atoms with Gasteiger partial charge in [0, 0.05) is 5.69 Å². The van der Waals surface area contributed by atoms with Gasteiger partial charge in [0.25, 0.3) is 0 Å². The Hall–Kier alpha value is -2.62. The highest BCUT2D eigenvalue weighted by molar-refractivity contribution is 5.50. The number of hydrogen-bond donors (Lipinski definition) is 1. The molecule has 23 heavy (non-hydrogen) atoms. The van der Waals surface area contributed by atoms with E-state index in [9.17, 15) is 4.39 Å². The van der Waals surface area contributed by atoms with Crippen LogP contribution in [0.25, 0.3) is 5.69 Å². The molecule has 0 spiro atoms. The molecule has 118 valence electrons. The first-order chi connectivity index (χ1) is 11.3. The van der Waals surface area contributed by atoms with Gasteiger partial charge in [-0.25, -0.2) is 9.07 Å². The van der Waals surface area contributed by atoms with Gasteiger partial charge in [-0.15, -0.1) is 0 Å². The van der Waals surface area contributed by atoms with E-state index < -0.39 is 0 Å². The van der Waals surface area contributed by atoms with Crippen LogP contribution in [0.2, 0.25) is 0 Å². The first-order valence-electron chi connectivity index (χ1n) is 7.88. The maximum absolute atomic E-state index is 13.0. The average molecular weight is 309 g/mol. The molecule has 0 amide bonds. The van der Waals surface area contributed by atoms with E-state index in [-0.39, 0.29) is 11.9 Å². The van der Waals surface area contributed by atoms with Crippen molar-refractivity contribution < 1.29 is 4.39 Å². The van der Waals surface area contributed by atoms with Gasteiger partial charge < -0.3 is 5.32 Å². The summed E-state index contributed by atoms with van der Waals surface area (Å²) in [6, 6.07) is 18.6. The standard InChI is InChI=1S/C19H20FN3/c1-2-6-19(15-7-4-3-5-8-15)22-17-9-11-18(12-10-17)23-14-16(20)13-21-23/h3-5,7-14,19,22H,2,6H2,1H3. The van der Waals surface area contributed by atoms with Crippen molar-refractivity contribution in [3.63, 3.8) is 0 Å².